The maximum atomic E-state index is 12.4. The average Bonchev–Trinajstić information content (AvgIpc) is 3.27. The van der Waals surface area contributed by atoms with Gasteiger partial charge in [-0.1, -0.05) is 11.6 Å². The van der Waals surface area contributed by atoms with E-state index in [0.29, 0.717) is 10.7 Å². The number of benzene rings is 2. The zero-order valence-corrected chi connectivity index (χ0v) is 17.2. The molecule has 3 N–H and O–H groups in total. The molecular weight excluding hydrogens is 430 g/mol. The topological polar surface area (TPSA) is 118 Å². The first-order chi connectivity index (χ1) is 14.3. The number of hydrogen-bond acceptors (Lipinski definition) is 5. The zero-order chi connectivity index (χ0) is 21.6. The van der Waals surface area contributed by atoms with Gasteiger partial charge in [-0.25, -0.2) is 8.42 Å². The third-order valence-electron chi connectivity index (χ3n) is 3.96. The third-order valence-corrected chi connectivity index (χ3v) is 5.61. The van der Waals surface area contributed by atoms with Crippen LogP contribution in [0.2, 0.25) is 5.02 Å². The molecule has 0 radical (unpaired) electrons. The number of amides is 2. The fraction of sp³-hybridized carbons (Fsp3) is 0.100. The van der Waals surface area contributed by atoms with Crippen molar-refractivity contribution >= 4 is 39.1 Å². The molecule has 0 saturated carbocycles. The molecule has 1 heterocycles. The first-order valence-electron chi connectivity index (χ1n) is 8.83. The van der Waals surface area contributed by atoms with Crippen molar-refractivity contribution in [3.8, 4) is 0 Å². The van der Waals surface area contributed by atoms with Crippen molar-refractivity contribution in [2.45, 2.75) is 4.90 Å². The van der Waals surface area contributed by atoms with Crippen molar-refractivity contribution < 1.29 is 22.4 Å². The van der Waals surface area contributed by atoms with E-state index in [9.17, 15) is 18.0 Å². The lowest BCUT2D eigenvalue weighted by Gasteiger charge is -2.09. The molecule has 3 rings (SSSR count). The van der Waals surface area contributed by atoms with Gasteiger partial charge in [-0.05, 0) is 60.7 Å². The van der Waals surface area contributed by atoms with Gasteiger partial charge in [0.05, 0.1) is 11.2 Å². The number of sulfonamides is 1. The van der Waals surface area contributed by atoms with Crippen molar-refractivity contribution in [1.82, 2.24) is 10.6 Å². The first-order valence-corrected chi connectivity index (χ1v) is 10.7. The Kier molecular flexibility index (Phi) is 6.76. The number of rotatable bonds is 8. The van der Waals surface area contributed by atoms with E-state index < -0.39 is 15.9 Å². The molecule has 0 fully saturated rings. The van der Waals surface area contributed by atoms with E-state index in [1.807, 2.05) is 0 Å². The van der Waals surface area contributed by atoms with E-state index in [-0.39, 0.29) is 35.2 Å². The first kappa shape index (κ1) is 21.4. The van der Waals surface area contributed by atoms with E-state index in [2.05, 4.69) is 15.4 Å². The van der Waals surface area contributed by atoms with Gasteiger partial charge in [-0.15, -0.1) is 0 Å². The van der Waals surface area contributed by atoms with E-state index >= 15 is 0 Å². The highest BCUT2D eigenvalue weighted by Crippen LogP contribution is 2.18. The lowest BCUT2D eigenvalue weighted by atomic mass is 10.2. The second-order valence-corrected chi connectivity index (χ2v) is 8.24. The normalized spacial score (nSPS) is 11.0. The van der Waals surface area contributed by atoms with E-state index in [1.165, 1.54) is 36.6 Å². The molecule has 8 nitrogen and oxygen atoms in total. The summed E-state index contributed by atoms with van der Waals surface area (Å²) in [6.07, 6.45) is 1.39. The standard InChI is InChI=1S/C20H18ClN3O5S/c21-15-5-7-16(8-6-15)24-30(27,28)17-9-3-14(4-10-17)19(25)22-11-12-23-20(26)18-2-1-13-29-18/h1-10,13,24H,11-12H2,(H,22,25)(H,23,26). The summed E-state index contributed by atoms with van der Waals surface area (Å²) in [4.78, 5) is 23.9. The quantitative estimate of drug-likeness (QED) is 0.459. The number of hydrogen-bond donors (Lipinski definition) is 3. The van der Waals surface area contributed by atoms with Gasteiger partial charge in [-0.2, -0.15) is 0 Å². The van der Waals surface area contributed by atoms with Crippen LogP contribution in [0, 0.1) is 0 Å². The number of carbonyl (C=O) groups excluding carboxylic acids is 2. The number of nitrogens with one attached hydrogen (secondary N) is 3. The van der Waals surface area contributed by atoms with Crippen molar-refractivity contribution in [1.29, 1.82) is 0 Å². The molecule has 30 heavy (non-hydrogen) atoms. The summed E-state index contributed by atoms with van der Waals surface area (Å²) in [5.41, 5.74) is 0.663. The summed E-state index contributed by atoms with van der Waals surface area (Å²) in [6, 6.07) is 14.9. The fourth-order valence-electron chi connectivity index (χ4n) is 2.47. The number of furan rings is 1. The molecule has 3 aromatic rings. The molecular formula is C20H18ClN3O5S. The Bertz CT molecular complexity index is 1110. The number of halogens is 1. The molecule has 0 atom stereocenters. The van der Waals surface area contributed by atoms with Gasteiger partial charge in [0.25, 0.3) is 21.8 Å². The second kappa shape index (κ2) is 9.47. The van der Waals surface area contributed by atoms with E-state index in [4.69, 9.17) is 16.0 Å². The minimum absolute atomic E-state index is 0.0136. The smallest absolute Gasteiger partial charge is 0.287 e. The minimum atomic E-state index is -3.80. The van der Waals surface area contributed by atoms with Crippen LogP contribution in [0.5, 0.6) is 0 Å². The Labute approximate surface area is 178 Å². The molecule has 2 amide bonds. The monoisotopic (exact) mass is 447 g/mol. The highest BCUT2D eigenvalue weighted by atomic mass is 35.5. The summed E-state index contributed by atoms with van der Waals surface area (Å²) in [5.74, 6) is -0.584. The van der Waals surface area contributed by atoms with Crippen LogP contribution < -0.4 is 15.4 Å². The molecule has 2 aromatic carbocycles. The summed E-state index contributed by atoms with van der Waals surface area (Å²) in [5, 5.41) is 5.74. The molecule has 0 unspecified atom stereocenters. The van der Waals surface area contributed by atoms with Gasteiger partial charge in [0.15, 0.2) is 5.76 Å². The van der Waals surface area contributed by atoms with Gasteiger partial charge in [0, 0.05) is 29.4 Å². The SMILES string of the molecule is O=C(NCCNC(=O)c1ccco1)c1ccc(S(=O)(=O)Nc2ccc(Cl)cc2)cc1. The van der Waals surface area contributed by atoms with Crippen LogP contribution in [0.4, 0.5) is 5.69 Å². The van der Waals surface area contributed by atoms with Crippen molar-refractivity contribution in [3.63, 3.8) is 0 Å². The fourth-order valence-corrected chi connectivity index (χ4v) is 3.65. The lowest BCUT2D eigenvalue weighted by Crippen LogP contribution is -2.34. The lowest BCUT2D eigenvalue weighted by molar-refractivity contribution is 0.0910. The van der Waals surface area contributed by atoms with Crippen molar-refractivity contribution in [2.24, 2.45) is 0 Å². The average molecular weight is 448 g/mol. The van der Waals surface area contributed by atoms with Crippen molar-refractivity contribution in [2.75, 3.05) is 17.8 Å². The zero-order valence-electron chi connectivity index (χ0n) is 15.6. The molecule has 0 spiro atoms. The Morgan fingerprint density at radius 3 is 2.10 bits per heavy atom. The molecule has 10 heteroatoms. The Morgan fingerprint density at radius 2 is 1.50 bits per heavy atom. The number of carbonyl (C=O) groups is 2. The maximum absolute atomic E-state index is 12.4. The Morgan fingerprint density at radius 1 is 0.867 bits per heavy atom. The van der Waals surface area contributed by atoms with Gasteiger partial charge >= 0.3 is 0 Å². The highest BCUT2D eigenvalue weighted by molar-refractivity contribution is 7.92. The van der Waals surface area contributed by atoms with Gasteiger partial charge in [0.1, 0.15) is 0 Å². The molecule has 0 saturated heterocycles. The molecule has 0 aliphatic heterocycles. The van der Waals surface area contributed by atoms with Gasteiger partial charge in [-0.3, -0.25) is 14.3 Å². The van der Waals surface area contributed by atoms with Crippen LogP contribution in [-0.4, -0.2) is 33.3 Å². The van der Waals surface area contributed by atoms with Crippen LogP contribution in [0.3, 0.4) is 0 Å². The van der Waals surface area contributed by atoms with Crippen LogP contribution in [0.15, 0.2) is 76.2 Å². The van der Waals surface area contributed by atoms with Gasteiger partial charge in [0.2, 0.25) is 0 Å². The van der Waals surface area contributed by atoms with Crippen LogP contribution in [-0.2, 0) is 10.0 Å². The predicted octanol–water partition coefficient (Wildman–Crippen LogP) is 2.89. The maximum Gasteiger partial charge on any atom is 0.287 e. The largest absolute Gasteiger partial charge is 0.459 e. The van der Waals surface area contributed by atoms with Crippen LogP contribution in [0.25, 0.3) is 0 Å². The number of anilines is 1. The summed E-state index contributed by atoms with van der Waals surface area (Å²) < 4.78 is 32.3. The summed E-state index contributed by atoms with van der Waals surface area (Å²) in [6.45, 7) is 0.409. The highest BCUT2D eigenvalue weighted by Gasteiger charge is 2.15. The summed E-state index contributed by atoms with van der Waals surface area (Å²) in [7, 11) is -3.80. The third kappa shape index (κ3) is 5.62. The molecule has 0 bridgehead atoms. The van der Waals surface area contributed by atoms with E-state index in [0.717, 1.165) is 0 Å². The van der Waals surface area contributed by atoms with Crippen LogP contribution >= 0.6 is 11.6 Å². The predicted molar refractivity (Wildman–Crippen MR) is 112 cm³/mol. The minimum Gasteiger partial charge on any atom is -0.459 e. The second-order valence-electron chi connectivity index (χ2n) is 6.13. The Hall–Kier alpha value is -3.30. The molecule has 0 aliphatic carbocycles. The molecule has 0 aliphatic rings. The molecule has 1 aromatic heterocycles. The van der Waals surface area contributed by atoms with Gasteiger partial charge < -0.3 is 15.1 Å². The summed E-state index contributed by atoms with van der Waals surface area (Å²) >= 11 is 5.79. The molecule has 156 valence electrons. The van der Waals surface area contributed by atoms with Crippen LogP contribution in [0.1, 0.15) is 20.9 Å². The Balaban J connectivity index is 1.52. The van der Waals surface area contributed by atoms with Crippen molar-refractivity contribution in [3.05, 3.63) is 83.3 Å². The van der Waals surface area contributed by atoms with E-state index in [1.54, 1.807) is 30.3 Å².